The summed E-state index contributed by atoms with van der Waals surface area (Å²) in [5, 5.41) is 30.5. The maximum atomic E-state index is 12.9. The van der Waals surface area contributed by atoms with Crippen molar-refractivity contribution in [3.8, 4) is 16.9 Å². The van der Waals surface area contributed by atoms with E-state index in [2.05, 4.69) is 40.0 Å². The van der Waals surface area contributed by atoms with Gasteiger partial charge in [0.2, 0.25) is 11.5 Å². The molecule has 0 saturated carbocycles. The van der Waals surface area contributed by atoms with Crippen LogP contribution in [0.4, 0.5) is 16.3 Å². The first kappa shape index (κ1) is 36.2. The number of carbonyl (C=O) groups is 2. The molecule has 12 heteroatoms. The standard InChI is InChI=1S/C40H44N6O6/c1-46(2)20-18-29(19-21-46)52-40(51)43-33-13-8-26(22-32(33)28-6-4-3-5-7-28)10-16-37(49)44-36-15-9-27(24-42-36)23-41-25-35(48)30-11-14-34(47)39-31(30)12-17-38(50)45-39/h3-9,11-15,17,22,24,29,35,41,48H,10,16,18-21,23,25H2,1-2H3,(H3-,42,43,44,45,47,49,50,51)/p+1/t35-/m0/s1. The fourth-order valence-corrected chi connectivity index (χ4v) is 6.44. The van der Waals surface area contributed by atoms with Crippen LogP contribution >= 0.6 is 0 Å². The van der Waals surface area contributed by atoms with Crippen LogP contribution in [0.5, 0.6) is 5.75 Å². The average Bonchev–Trinajstić information content (AvgIpc) is 3.13. The minimum absolute atomic E-state index is 0.0626. The van der Waals surface area contributed by atoms with Gasteiger partial charge in [0.15, 0.2) is 0 Å². The number of phenols is 1. The Labute approximate surface area is 302 Å². The molecule has 1 fully saturated rings. The van der Waals surface area contributed by atoms with Crippen molar-refractivity contribution in [2.45, 2.75) is 44.4 Å². The quantitative estimate of drug-likeness (QED) is 0.0930. The van der Waals surface area contributed by atoms with Gasteiger partial charge in [-0.25, -0.2) is 9.78 Å². The summed E-state index contributed by atoms with van der Waals surface area (Å²) in [6.07, 6.45) is 2.62. The largest absolute Gasteiger partial charge is 0.506 e. The number of piperidine rings is 1. The van der Waals surface area contributed by atoms with Crippen LogP contribution in [0.1, 0.15) is 42.1 Å². The van der Waals surface area contributed by atoms with Crippen molar-refractivity contribution in [3.63, 3.8) is 0 Å². The molecule has 3 aromatic carbocycles. The molecule has 0 radical (unpaired) electrons. The van der Waals surface area contributed by atoms with Crippen LogP contribution in [0.3, 0.4) is 0 Å². The molecule has 1 aliphatic rings. The van der Waals surface area contributed by atoms with Gasteiger partial charge in [0, 0.05) is 55.6 Å². The summed E-state index contributed by atoms with van der Waals surface area (Å²) < 4.78 is 6.70. The van der Waals surface area contributed by atoms with Gasteiger partial charge in [-0.15, -0.1) is 0 Å². The van der Waals surface area contributed by atoms with Gasteiger partial charge in [0.25, 0.3) is 0 Å². The number of aliphatic hydroxyl groups is 1. The van der Waals surface area contributed by atoms with Gasteiger partial charge in [-0.3, -0.25) is 14.9 Å². The Hall–Kier alpha value is -5.56. The van der Waals surface area contributed by atoms with Crippen LogP contribution in [-0.4, -0.2) is 76.5 Å². The van der Waals surface area contributed by atoms with Gasteiger partial charge in [0.05, 0.1) is 44.5 Å². The molecular formula is C40H45N6O6+. The van der Waals surface area contributed by atoms with E-state index < -0.39 is 12.2 Å². The fraction of sp³-hybridized carbons (Fsp3) is 0.300. The number of quaternary nitrogens is 1. The normalized spacial score (nSPS) is 14.8. The van der Waals surface area contributed by atoms with Gasteiger partial charge in [-0.2, -0.15) is 0 Å². The predicted octanol–water partition coefficient (Wildman–Crippen LogP) is 5.48. The Bertz CT molecular complexity index is 2070. The second kappa shape index (κ2) is 16.2. The molecule has 52 heavy (non-hydrogen) atoms. The van der Waals surface area contributed by atoms with Crippen molar-refractivity contribution in [2.75, 3.05) is 44.4 Å². The highest BCUT2D eigenvalue weighted by atomic mass is 16.6. The van der Waals surface area contributed by atoms with E-state index in [1.54, 1.807) is 24.4 Å². The number of aliphatic hydroxyl groups excluding tert-OH is 1. The monoisotopic (exact) mass is 705 g/mol. The van der Waals surface area contributed by atoms with Crippen LogP contribution in [0.25, 0.3) is 22.0 Å². The lowest BCUT2D eigenvalue weighted by molar-refractivity contribution is -0.896. The van der Waals surface area contributed by atoms with E-state index in [0.29, 0.717) is 35.4 Å². The Morgan fingerprint density at radius 2 is 1.73 bits per heavy atom. The first-order valence-corrected chi connectivity index (χ1v) is 17.5. The first-order chi connectivity index (χ1) is 25.0. The number of aryl methyl sites for hydroxylation is 1. The van der Waals surface area contributed by atoms with Gasteiger partial charge in [-0.05, 0) is 59.0 Å². The average molecular weight is 706 g/mol. The van der Waals surface area contributed by atoms with E-state index in [9.17, 15) is 24.6 Å². The number of pyridine rings is 2. The number of H-pyrrole nitrogens is 1. The van der Waals surface area contributed by atoms with E-state index in [1.165, 1.54) is 12.1 Å². The minimum atomic E-state index is -0.882. The van der Waals surface area contributed by atoms with Crippen molar-refractivity contribution in [3.05, 3.63) is 118 Å². The number of ether oxygens (including phenoxy) is 1. The smallest absolute Gasteiger partial charge is 0.411 e. The van der Waals surface area contributed by atoms with Crippen molar-refractivity contribution >= 4 is 34.4 Å². The zero-order chi connectivity index (χ0) is 36.7. The Morgan fingerprint density at radius 3 is 2.48 bits per heavy atom. The third-order valence-electron chi connectivity index (χ3n) is 9.46. The number of benzene rings is 3. The molecule has 0 unspecified atom stereocenters. The Morgan fingerprint density at radius 1 is 0.962 bits per heavy atom. The number of phenolic OH excluding ortho intramolecular Hbond substituents is 1. The summed E-state index contributed by atoms with van der Waals surface area (Å²) in [4.78, 5) is 44.4. The number of hydrogen-bond acceptors (Lipinski definition) is 8. The lowest BCUT2D eigenvalue weighted by Crippen LogP contribution is -2.48. The third-order valence-corrected chi connectivity index (χ3v) is 9.46. The molecule has 12 nitrogen and oxygen atoms in total. The zero-order valence-corrected chi connectivity index (χ0v) is 29.4. The highest BCUT2D eigenvalue weighted by molar-refractivity contribution is 5.92. The highest BCUT2D eigenvalue weighted by Gasteiger charge is 2.28. The number of nitrogens with one attached hydrogen (secondary N) is 4. The van der Waals surface area contributed by atoms with E-state index in [1.807, 2.05) is 54.6 Å². The highest BCUT2D eigenvalue weighted by Crippen LogP contribution is 2.31. The molecule has 0 bridgehead atoms. The van der Waals surface area contributed by atoms with Crippen LogP contribution in [-0.2, 0) is 22.5 Å². The van der Waals surface area contributed by atoms with E-state index in [4.69, 9.17) is 4.74 Å². The summed E-state index contributed by atoms with van der Waals surface area (Å²) in [6.45, 7) is 2.59. The van der Waals surface area contributed by atoms with Crippen LogP contribution in [0.15, 0.2) is 95.9 Å². The summed E-state index contributed by atoms with van der Waals surface area (Å²) in [5.41, 5.74) is 4.78. The summed E-state index contributed by atoms with van der Waals surface area (Å²) in [5.74, 6) is 0.194. The number of aromatic nitrogens is 2. The fourth-order valence-electron chi connectivity index (χ4n) is 6.44. The number of hydrogen-bond donors (Lipinski definition) is 6. The molecular weight excluding hydrogens is 660 g/mol. The van der Waals surface area contributed by atoms with Gasteiger partial charge < -0.3 is 35.1 Å². The van der Waals surface area contributed by atoms with Gasteiger partial charge >= 0.3 is 6.09 Å². The number of carbonyl (C=O) groups excluding carboxylic acids is 2. The lowest BCUT2D eigenvalue weighted by Gasteiger charge is -2.36. The van der Waals surface area contributed by atoms with Crippen molar-refractivity contribution in [2.24, 2.45) is 0 Å². The van der Waals surface area contributed by atoms with Gasteiger partial charge in [-0.1, -0.05) is 48.5 Å². The number of rotatable bonds is 12. The van der Waals surface area contributed by atoms with Crippen molar-refractivity contribution in [1.29, 1.82) is 0 Å². The molecule has 2 aromatic heterocycles. The molecule has 6 rings (SSSR count). The molecule has 1 aliphatic heterocycles. The predicted molar refractivity (Wildman–Crippen MR) is 201 cm³/mol. The van der Waals surface area contributed by atoms with Crippen LogP contribution in [0.2, 0.25) is 0 Å². The molecule has 1 atom stereocenters. The van der Waals surface area contributed by atoms with Crippen molar-refractivity contribution < 1.29 is 29.0 Å². The van der Waals surface area contributed by atoms with Crippen LogP contribution in [0, 0.1) is 0 Å². The molecule has 6 N–H and O–H groups in total. The van der Waals surface area contributed by atoms with E-state index in [-0.39, 0.29) is 41.8 Å². The summed E-state index contributed by atoms with van der Waals surface area (Å²) >= 11 is 0. The molecule has 1 saturated heterocycles. The lowest BCUT2D eigenvalue weighted by atomic mass is 9.99. The zero-order valence-electron chi connectivity index (χ0n) is 29.4. The Kier molecular flexibility index (Phi) is 11.3. The second-order valence-electron chi connectivity index (χ2n) is 13.9. The maximum absolute atomic E-state index is 12.9. The third kappa shape index (κ3) is 9.40. The number of fused-ring (bicyclic) bond motifs is 1. The minimum Gasteiger partial charge on any atom is -0.506 e. The SMILES string of the molecule is C[N+]1(C)CCC(OC(=O)Nc2ccc(CCC(=O)Nc3ccc(CNC[C@H](O)c4ccc(O)c5[nH]c(=O)ccc45)cn3)cc2-c2ccccc2)CC1. The topological polar surface area (TPSA) is 166 Å². The molecule has 3 heterocycles. The first-order valence-electron chi connectivity index (χ1n) is 17.5. The van der Waals surface area contributed by atoms with Crippen molar-refractivity contribution in [1.82, 2.24) is 15.3 Å². The summed E-state index contributed by atoms with van der Waals surface area (Å²) in [6, 6.07) is 25.2. The molecule has 5 aromatic rings. The number of aromatic amines is 1. The molecule has 2 amide bonds. The number of nitrogens with zero attached hydrogens (tertiary/aromatic N) is 2. The number of amides is 2. The molecule has 270 valence electrons. The van der Waals surface area contributed by atoms with E-state index >= 15 is 0 Å². The van der Waals surface area contributed by atoms with Gasteiger partial charge in [0.1, 0.15) is 17.7 Å². The van der Waals surface area contributed by atoms with Crippen LogP contribution < -0.4 is 21.5 Å². The number of anilines is 2. The number of aromatic hydroxyl groups is 1. The second-order valence-corrected chi connectivity index (χ2v) is 13.9. The Balaban J connectivity index is 0.998. The molecule has 0 aliphatic carbocycles. The van der Waals surface area contributed by atoms with E-state index in [0.717, 1.165) is 52.7 Å². The number of likely N-dealkylation sites (tertiary alicyclic amines) is 1. The summed E-state index contributed by atoms with van der Waals surface area (Å²) in [7, 11) is 4.38. The maximum Gasteiger partial charge on any atom is 0.411 e. The molecule has 0 spiro atoms.